The fourth-order valence-electron chi connectivity index (χ4n) is 3.77. The Labute approximate surface area is 151 Å². The third-order valence-corrected chi connectivity index (χ3v) is 5.06. The first-order valence-electron chi connectivity index (χ1n) is 8.32. The normalized spacial score (nSPS) is 27.0. The van der Waals surface area contributed by atoms with Crippen molar-refractivity contribution >= 4 is 17.9 Å². The number of ether oxygens (including phenoxy) is 3. The van der Waals surface area contributed by atoms with Crippen LogP contribution in [0.25, 0.3) is 0 Å². The SMILES string of the molecule is COC(=O)/C=C/C[C@]1(c2ccccc2)C[C@H]2OC(=O)[C@@H]1C=C2C(=O)OC. The Morgan fingerprint density at radius 2 is 1.96 bits per heavy atom. The highest BCUT2D eigenvalue weighted by Gasteiger charge is 2.55. The summed E-state index contributed by atoms with van der Waals surface area (Å²) in [5.41, 5.74) is 0.741. The lowest BCUT2D eigenvalue weighted by Gasteiger charge is -2.48. The van der Waals surface area contributed by atoms with Crippen LogP contribution < -0.4 is 0 Å². The largest absolute Gasteiger partial charge is 0.466 e. The van der Waals surface area contributed by atoms with Crippen LogP contribution in [0, 0.1) is 5.92 Å². The van der Waals surface area contributed by atoms with E-state index in [2.05, 4.69) is 4.74 Å². The van der Waals surface area contributed by atoms with E-state index in [-0.39, 0.29) is 5.97 Å². The van der Waals surface area contributed by atoms with E-state index in [9.17, 15) is 14.4 Å². The summed E-state index contributed by atoms with van der Waals surface area (Å²) in [5.74, 6) is -1.95. The molecule has 6 nitrogen and oxygen atoms in total. The van der Waals surface area contributed by atoms with E-state index in [0.29, 0.717) is 18.4 Å². The van der Waals surface area contributed by atoms with Crippen LogP contribution in [0.4, 0.5) is 0 Å². The highest BCUT2D eigenvalue weighted by atomic mass is 16.6. The van der Waals surface area contributed by atoms with Crippen molar-refractivity contribution in [3.05, 3.63) is 59.7 Å². The van der Waals surface area contributed by atoms with Gasteiger partial charge >= 0.3 is 17.9 Å². The monoisotopic (exact) mass is 356 g/mol. The molecule has 0 spiro atoms. The number of methoxy groups -OCH3 is 2. The van der Waals surface area contributed by atoms with Crippen LogP contribution in [0.2, 0.25) is 0 Å². The fraction of sp³-hybridized carbons (Fsp3) is 0.350. The number of carbonyl (C=O) groups excluding carboxylic acids is 3. The number of rotatable bonds is 5. The molecule has 2 bridgehead atoms. The van der Waals surface area contributed by atoms with Gasteiger partial charge in [0.05, 0.1) is 25.7 Å². The Morgan fingerprint density at radius 1 is 1.23 bits per heavy atom. The van der Waals surface area contributed by atoms with Crippen molar-refractivity contribution in [2.45, 2.75) is 24.4 Å². The molecule has 2 aliphatic heterocycles. The molecule has 1 saturated heterocycles. The van der Waals surface area contributed by atoms with Crippen molar-refractivity contribution in [1.82, 2.24) is 0 Å². The van der Waals surface area contributed by atoms with Gasteiger partial charge in [0.15, 0.2) is 0 Å². The number of hydrogen-bond donors (Lipinski definition) is 0. The predicted octanol–water partition coefficient (Wildman–Crippen LogP) is 2.09. The number of allylic oxidation sites excluding steroid dienone is 1. The third-order valence-electron chi connectivity index (χ3n) is 5.06. The van der Waals surface area contributed by atoms with Crippen molar-refractivity contribution in [1.29, 1.82) is 0 Å². The van der Waals surface area contributed by atoms with Gasteiger partial charge in [-0.25, -0.2) is 9.59 Å². The molecule has 0 aromatic heterocycles. The lowest BCUT2D eigenvalue weighted by Crippen LogP contribution is -2.53. The summed E-state index contributed by atoms with van der Waals surface area (Å²) in [7, 11) is 2.61. The molecule has 2 heterocycles. The van der Waals surface area contributed by atoms with Crippen LogP contribution in [0.15, 0.2) is 54.1 Å². The third kappa shape index (κ3) is 3.03. The minimum atomic E-state index is -0.660. The molecule has 3 aliphatic rings. The minimum absolute atomic E-state index is 0.371. The highest BCUT2D eigenvalue weighted by Crippen LogP contribution is 2.50. The fourth-order valence-corrected chi connectivity index (χ4v) is 3.77. The van der Waals surface area contributed by atoms with Crippen molar-refractivity contribution in [2.75, 3.05) is 14.2 Å². The number of fused-ring (bicyclic) bond motifs is 2. The summed E-state index contributed by atoms with van der Waals surface area (Å²) < 4.78 is 14.9. The Balaban J connectivity index is 2.04. The van der Waals surface area contributed by atoms with E-state index in [1.54, 1.807) is 12.2 Å². The number of hydrogen-bond acceptors (Lipinski definition) is 6. The second-order valence-electron chi connectivity index (χ2n) is 6.37. The Hall–Kier alpha value is -2.89. The smallest absolute Gasteiger partial charge is 0.337 e. The first-order chi connectivity index (χ1) is 12.5. The first-order valence-corrected chi connectivity index (χ1v) is 8.32. The summed E-state index contributed by atoms with van der Waals surface area (Å²) in [5, 5.41) is 0. The molecule has 0 saturated carbocycles. The van der Waals surface area contributed by atoms with Crippen LogP contribution in [-0.2, 0) is 34.0 Å². The molecule has 6 heteroatoms. The molecular formula is C20H20O6. The molecule has 1 fully saturated rings. The zero-order valence-electron chi connectivity index (χ0n) is 14.6. The molecular weight excluding hydrogens is 336 g/mol. The molecule has 26 heavy (non-hydrogen) atoms. The second-order valence-corrected chi connectivity index (χ2v) is 6.37. The molecule has 1 aromatic rings. The average Bonchev–Trinajstić information content (AvgIpc) is 2.67. The standard InChI is InChI=1S/C20H20O6/c1-24-17(21)9-6-10-20(13-7-4-3-5-8-13)12-16-14(18(22)25-2)11-15(20)19(23)26-16/h3-9,11,15-16H,10,12H2,1-2H3/b9-6+/t15-,16+,20+/m0/s1. The molecule has 4 rings (SSSR count). The van der Waals surface area contributed by atoms with E-state index >= 15 is 0 Å². The van der Waals surface area contributed by atoms with Gasteiger partial charge < -0.3 is 14.2 Å². The molecule has 0 N–H and O–H groups in total. The van der Waals surface area contributed by atoms with Gasteiger partial charge in [0.2, 0.25) is 0 Å². The van der Waals surface area contributed by atoms with Crippen molar-refractivity contribution < 1.29 is 28.6 Å². The Morgan fingerprint density at radius 3 is 2.58 bits per heavy atom. The Kier molecular flexibility index (Phi) is 4.93. The van der Waals surface area contributed by atoms with E-state index < -0.39 is 29.4 Å². The maximum Gasteiger partial charge on any atom is 0.337 e. The minimum Gasteiger partial charge on any atom is -0.466 e. The van der Waals surface area contributed by atoms with Crippen LogP contribution in [0.1, 0.15) is 18.4 Å². The van der Waals surface area contributed by atoms with E-state index in [1.165, 1.54) is 20.3 Å². The quantitative estimate of drug-likeness (QED) is 0.457. The predicted molar refractivity (Wildman–Crippen MR) is 92.0 cm³/mol. The zero-order chi connectivity index (χ0) is 18.7. The lowest BCUT2D eigenvalue weighted by molar-refractivity contribution is -0.165. The zero-order valence-corrected chi connectivity index (χ0v) is 14.6. The number of carbonyl (C=O) groups is 3. The van der Waals surface area contributed by atoms with Gasteiger partial charge in [0.25, 0.3) is 0 Å². The van der Waals surface area contributed by atoms with Crippen LogP contribution in [0.5, 0.6) is 0 Å². The van der Waals surface area contributed by atoms with Gasteiger partial charge in [-0.05, 0) is 12.0 Å². The van der Waals surface area contributed by atoms with Gasteiger partial charge in [0.1, 0.15) is 6.10 Å². The lowest BCUT2D eigenvalue weighted by atomic mass is 9.59. The Bertz CT molecular complexity index is 779. The van der Waals surface area contributed by atoms with Gasteiger partial charge in [-0.3, -0.25) is 4.79 Å². The van der Waals surface area contributed by atoms with E-state index in [4.69, 9.17) is 9.47 Å². The summed E-state index contributed by atoms with van der Waals surface area (Å²) in [4.78, 5) is 35.9. The summed E-state index contributed by atoms with van der Waals surface area (Å²) in [6.45, 7) is 0. The number of esters is 3. The van der Waals surface area contributed by atoms with Crippen molar-refractivity contribution in [3.63, 3.8) is 0 Å². The number of benzene rings is 1. The molecule has 0 unspecified atom stereocenters. The topological polar surface area (TPSA) is 78.9 Å². The average molecular weight is 356 g/mol. The summed E-state index contributed by atoms with van der Waals surface area (Å²) in [6.07, 6.45) is 4.94. The molecule has 0 radical (unpaired) electrons. The van der Waals surface area contributed by atoms with Gasteiger partial charge in [-0.15, -0.1) is 0 Å². The van der Waals surface area contributed by atoms with E-state index in [1.807, 2.05) is 30.3 Å². The van der Waals surface area contributed by atoms with E-state index in [0.717, 1.165) is 5.56 Å². The van der Waals surface area contributed by atoms with Crippen LogP contribution in [-0.4, -0.2) is 38.2 Å². The van der Waals surface area contributed by atoms with Crippen molar-refractivity contribution in [3.8, 4) is 0 Å². The van der Waals surface area contributed by atoms with Crippen LogP contribution in [0.3, 0.4) is 0 Å². The molecule has 136 valence electrons. The summed E-state index contributed by atoms with van der Waals surface area (Å²) in [6, 6.07) is 9.60. The maximum atomic E-state index is 12.5. The molecule has 1 aromatic carbocycles. The van der Waals surface area contributed by atoms with Crippen molar-refractivity contribution in [2.24, 2.45) is 5.92 Å². The second kappa shape index (κ2) is 7.15. The summed E-state index contributed by atoms with van der Waals surface area (Å²) >= 11 is 0. The van der Waals surface area contributed by atoms with Gasteiger partial charge in [-0.1, -0.05) is 42.5 Å². The molecule has 3 atom stereocenters. The van der Waals surface area contributed by atoms with Crippen LogP contribution >= 0.6 is 0 Å². The molecule has 0 amide bonds. The highest BCUT2D eigenvalue weighted by molar-refractivity contribution is 5.94. The van der Waals surface area contributed by atoms with Gasteiger partial charge in [0, 0.05) is 17.9 Å². The van der Waals surface area contributed by atoms with Gasteiger partial charge in [-0.2, -0.15) is 0 Å². The maximum absolute atomic E-state index is 12.5. The first kappa shape index (κ1) is 17.9. The molecule has 1 aliphatic carbocycles.